The first-order chi connectivity index (χ1) is 9.82. The molecule has 2 aromatic heterocycles. The van der Waals surface area contributed by atoms with Crippen LogP contribution in [0.5, 0.6) is 0 Å². The summed E-state index contributed by atoms with van der Waals surface area (Å²) < 4.78 is 2.98. The van der Waals surface area contributed by atoms with Gasteiger partial charge in [0.15, 0.2) is 0 Å². The van der Waals surface area contributed by atoms with Gasteiger partial charge < -0.3 is 5.32 Å². The SMILES string of the molecule is Cn1cc(C2Cc3nc(NC(C)(C)C)cc(Br)c3S2)cn1. The molecular formula is C15H19BrN4S. The maximum atomic E-state index is 4.79. The molecular weight excluding hydrogens is 348 g/mol. The Balaban J connectivity index is 1.87. The summed E-state index contributed by atoms with van der Waals surface area (Å²) in [7, 11) is 1.95. The number of anilines is 1. The van der Waals surface area contributed by atoms with Crippen molar-refractivity contribution in [2.24, 2.45) is 7.05 Å². The van der Waals surface area contributed by atoms with Gasteiger partial charge in [-0.05, 0) is 42.8 Å². The molecule has 0 aromatic carbocycles. The first-order valence-corrected chi connectivity index (χ1v) is 8.62. The molecule has 0 bridgehead atoms. The molecule has 1 atom stereocenters. The lowest BCUT2D eigenvalue weighted by molar-refractivity contribution is 0.629. The molecule has 1 aliphatic heterocycles. The molecule has 1 unspecified atom stereocenters. The van der Waals surface area contributed by atoms with E-state index in [2.05, 4.69) is 59.4 Å². The number of pyridine rings is 1. The van der Waals surface area contributed by atoms with E-state index in [4.69, 9.17) is 4.98 Å². The number of hydrogen-bond donors (Lipinski definition) is 1. The molecule has 0 aliphatic carbocycles. The molecule has 6 heteroatoms. The van der Waals surface area contributed by atoms with Crippen LogP contribution in [0.25, 0.3) is 0 Å². The van der Waals surface area contributed by atoms with Crippen LogP contribution in [0.4, 0.5) is 5.82 Å². The summed E-state index contributed by atoms with van der Waals surface area (Å²) in [6.45, 7) is 6.43. The summed E-state index contributed by atoms with van der Waals surface area (Å²) in [5.41, 5.74) is 2.43. The highest BCUT2D eigenvalue weighted by atomic mass is 79.9. The van der Waals surface area contributed by atoms with Crippen LogP contribution in [0.1, 0.15) is 37.3 Å². The van der Waals surface area contributed by atoms with Crippen molar-refractivity contribution in [3.63, 3.8) is 0 Å². The second-order valence-electron chi connectivity index (χ2n) is 6.40. The molecule has 0 saturated carbocycles. The second-order valence-corrected chi connectivity index (χ2v) is 8.47. The van der Waals surface area contributed by atoms with E-state index in [1.807, 2.05) is 29.7 Å². The van der Waals surface area contributed by atoms with Crippen LogP contribution in [0.2, 0.25) is 0 Å². The van der Waals surface area contributed by atoms with E-state index in [9.17, 15) is 0 Å². The average molecular weight is 367 g/mol. The molecule has 112 valence electrons. The number of aromatic nitrogens is 3. The number of halogens is 1. The Morgan fingerprint density at radius 2 is 2.19 bits per heavy atom. The third-order valence-corrected chi connectivity index (χ3v) is 5.54. The normalized spacial score (nSPS) is 17.9. The highest BCUT2D eigenvalue weighted by Gasteiger charge is 2.28. The summed E-state index contributed by atoms with van der Waals surface area (Å²) >= 11 is 5.55. The Bertz CT molecular complexity index is 675. The van der Waals surface area contributed by atoms with Gasteiger partial charge in [-0.15, -0.1) is 11.8 Å². The molecule has 3 heterocycles. The Kier molecular flexibility index (Phi) is 3.78. The van der Waals surface area contributed by atoms with Gasteiger partial charge >= 0.3 is 0 Å². The number of fused-ring (bicyclic) bond motifs is 1. The zero-order valence-corrected chi connectivity index (χ0v) is 15.0. The van der Waals surface area contributed by atoms with E-state index in [0.717, 1.165) is 22.4 Å². The topological polar surface area (TPSA) is 42.7 Å². The Morgan fingerprint density at radius 3 is 2.81 bits per heavy atom. The standard InChI is InChI=1S/C15H19BrN4S/c1-15(2,3)19-13-5-10(16)14-11(18-13)6-12(21-14)9-7-17-20(4)8-9/h5,7-8,12H,6H2,1-4H3,(H,18,19). The summed E-state index contributed by atoms with van der Waals surface area (Å²) in [6, 6.07) is 2.07. The van der Waals surface area contributed by atoms with Crippen molar-refractivity contribution >= 4 is 33.5 Å². The number of nitrogens with one attached hydrogen (secondary N) is 1. The van der Waals surface area contributed by atoms with Crippen molar-refractivity contribution in [2.75, 3.05) is 5.32 Å². The van der Waals surface area contributed by atoms with Gasteiger partial charge in [0, 0.05) is 45.4 Å². The van der Waals surface area contributed by atoms with Crippen LogP contribution >= 0.6 is 27.7 Å². The lowest BCUT2D eigenvalue weighted by atomic mass is 10.1. The van der Waals surface area contributed by atoms with Crippen molar-refractivity contribution in [1.82, 2.24) is 14.8 Å². The molecule has 3 rings (SSSR count). The minimum Gasteiger partial charge on any atom is -0.365 e. The number of hydrogen-bond acceptors (Lipinski definition) is 4. The van der Waals surface area contributed by atoms with Gasteiger partial charge in [0.05, 0.1) is 11.9 Å². The zero-order chi connectivity index (χ0) is 15.2. The lowest BCUT2D eigenvalue weighted by Crippen LogP contribution is -2.26. The highest BCUT2D eigenvalue weighted by Crippen LogP contribution is 2.49. The van der Waals surface area contributed by atoms with Crippen LogP contribution in [0, 0.1) is 0 Å². The highest BCUT2D eigenvalue weighted by molar-refractivity contribution is 9.10. The van der Waals surface area contributed by atoms with Gasteiger partial charge in [-0.3, -0.25) is 4.68 Å². The Labute approximate surface area is 137 Å². The fourth-order valence-corrected chi connectivity index (χ4v) is 4.36. The minimum atomic E-state index is 0.00910. The van der Waals surface area contributed by atoms with Gasteiger partial charge in [-0.25, -0.2) is 4.98 Å². The van der Waals surface area contributed by atoms with Crippen molar-refractivity contribution in [3.8, 4) is 0 Å². The molecule has 21 heavy (non-hydrogen) atoms. The maximum Gasteiger partial charge on any atom is 0.127 e. The van der Waals surface area contributed by atoms with Gasteiger partial charge in [0.1, 0.15) is 5.82 Å². The van der Waals surface area contributed by atoms with E-state index in [1.54, 1.807) is 0 Å². The summed E-state index contributed by atoms with van der Waals surface area (Å²) in [6.07, 6.45) is 4.99. The van der Waals surface area contributed by atoms with Gasteiger partial charge in [0.25, 0.3) is 0 Å². The first kappa shape index (κ1) is 14.9. The third-order valence-electron chi connectivity index (χ3n) is 3.24. The van der Waals surface area contributed by atoms with Crippen molar-refractivity contribution in [3.05, 3.63) is 34.2 Å². The molecule has 0 spiro atoms. The van der Waals surface area contributed by atoms with Gasteiger partial charge in [-0.2, -0.15) is 5.10 Å². The van der Waals surface area contributed by atoms with E-state index in [-0.39, 0.29) is 5.54 Å². The fourth-order valence-electron chi connectivity index (χ4n) is 2.41. The third kappa shape index (κ3) is 3.26. The maximum absolute atomic E-state index is 4.79. The zero-order valence-electron chi connectivity index (χ0n) is 12.6. The van der Waals surface area contributed by atoms with E-state index in [0.29, 0.717) is 5.25 Å². The van der Waals surface area contributed by atoms with E-state index in [1.165, 1.54) is 10.5 Å². The summed E-state index contributed by atoms with van der Waals surface area (Å²) in [5.74, 6) is 0.931. The van der Waals surface area contributed by atoms with Crippen LogP contribution < -0.4 is 5.32 Å². The fraction of sp³-hybridized carbons (Fsp3) is 0.467. The van der Waals surface area contributed by atoms with E-state index < -0.39 is 0 Å². The lowest BCUT2D eigenvalue weighted by Gasteiger charge is -2.22. The summed E-state index contributed by atoms with van der Waals surface area (Å²) in [4.78, 5) is 6.05. The van der Waals surface area contributed by atoms with Crippen LogP contribution in [0.3, 0.4) is 0 Å². The smallest absolute Gasteiger partial charge is 0.127 e. The predicted molar refractivity (Wildman–Crippen MR) is 90.8 cm³/mol. The number of nitrogens with zero attached hydrogens (tertiary/aromatic N) is 3. The van der Waals surface area contributed by atoms with Gasteiger partial charge in [-0.1, -0.05) is 0 Å². The largest absolute Gasteiger partial charge is 0.365 e. The monoisotopic (exact) mass is 366 g/mol. The number of thioether (sulfide) groups is 1. The molecule has 0 fully saturated rings. The Hall–Kier alpha value is -1.01. The number of rotatable bonds is 2. The molecule has 1 aliphatic rings. The summed E-state index contributed by atoms with van der Waals surface area (Å²) in [5, 5.41) is 8.12. The van der Waals surface area contributed by atoms with Crippen LogP contribution in [-0.2, 0) is 13.5 Å². The second kappa shape index (κ2) is 5.32. The molecule has 4 nitrogen and oxygen atoms in total. The molecule has 1 N–H and O–H groups in total. The van der Waals surface area contributed by atoms with Crippen LogP contribution in [0.15, 0.2) is 27.8 Å². The average Bonchev–Trinajstić information content (AvgIpc) is 2.92. The van der Waals surface area contributed by atoms with Crippen molar-refractivity contribution in [1.29, 1.82) is 0 Å². The molecule has 0 radical (unpaired) electrons. The quantitative estimate of drug-likeness (QED) is 0.865. The molecule has 0 saturated heterocycles. The minimum absolute atomic E-state index is 0.00910. The predicted octanol–water partition coefficient (Wildman–Crippen LogP) is 4.18. The first-order valence-electron chi connectivity index (χ1n) is 6.94. The van der Waals surface area contributed by atoms with E-state index >= 15 is 0 Å². The Morgan fingerprint density at radius 1 is 1.43 bits per heavy atom. The van der Waals surface area contributed by atoms with Gasteiger partial charge in [0.2, 0.25) is 0 Å². The molecule has 0 amide bonds. The van der Waals surface area contributed by atoms with Crippen molar-refractivity contribution in [2.45, 2.75) is 42.9 Å². The molecule has 2 aromatic rings. The van der Waals surface area contributed by atoms with Crippen molar-refractivity contribution < 1.29 is 0 Å². The number of aryl methyl sites for hydroxylation is 1. The van der Waals surface area contributed by atoms with Crippen LogP contribution in [-0.4, -0.2) is 20.3 Å².